The quantitative estimate of drug-likeness (QED) is 0.472. The summed E-state index contributed by atoms with van der Waals surface area (Å²) in [5, 5.41) is 0. The van der Waals surface area contributed by atoms with Crippen molar-refractivity contribution >= 4 is 0 Å². The summed E-state index contributed by atoms with van der Waals surface area (Å²) in [6, 6.07) is 0. The molecule has 20 heavy (non-hydrogen) atoms. The molecule has 0 saturated heterocycles. The first-order valence-corrected chi connectivity index (χ1v) is 8.46. The van der Waals surface area contributed by atoms with Crippen LogP contribution < -0.4 is 0 Å². The summed E-state index contributed by atoms with van der Waals surface area (Å²) in [5.74, 6) is 0.728. The van der Waals surface area contributed by atoms with Gasteiger partial charge in [-0.25, -0.2) is 0 Å². The van der Waals surface area contributed by atoms with E-state index in [1.54, 1.807) is 22.3 Å². The maximum Gasteiger partial charge on any atom is -0.00759 e. The van der Waals surface area contributed by atoms with Crippen molar-refractivity contribution in [2.24, 2.45) is 11.3 Å². The lowest BCUT2D eigenvalue weighted by atomic mass is 9.76. The first-order valence-electron chi connectivity index (χ1n) is 8.46. The largest absolute Gasteiger partial charge is 0.0853 e. The average Bonchev–Trinajstić information content (AvgIpc) is 2.70. The van der Waals surface area contributed by atoms with E-state index in [1.807, 2.05) is 0 Å². The standard InChI is InChI=1S/C20H32/c1-15(2)18-12-14-20(5)13-11-17(4)8-6-7-16(3)9-10-19(18)20/h7,11,15H,6,8-10,12-14H2,1-5H3/b16-7+,17-11+. The molecule has 0 aromatic rings. The molecule has 0 spiro atoms. The number of rotatable bonds is 1. The number of hydrogen-bond donors (Lipinski definition) is 0. The molecular weight excluding hydrogens is 240 g/mol. The number of hydrogen-bond acceptors (Lipinski definition) is 0. The smallest absolute Gasteiger partial charge is 0.00759 e. The highest BCUT2D eigenvalue weighted by molar-refractivity contribution is 5.31. The zero-order valence-electron chi connectivity index (χ0n) is 14.2. The maximum absolute atomic E-state index is 2.53. The molecule has 2 aliphatic carbocycles. The topological polar surface area (TPSA) is 0 Å². The first-order chi connectivity index (χ1) is 9.42. The molecule has 0 amide bonds. The summed E-state index contributed by atoms with van der Waals surface area (Å²) in [4.78, 5) is 0. The van der Waals surface area contributed by atoms with E-state index < -0.39 is 0 Å². The molecule has 112 valence electrons. The van der Waals surface area contributed by atoms with E-state index in [1.165, 1.54) is 44.9 Å². The third-order valence-corrected chi connectivity index (χ3v) is 5.46. The Bertz CT molecular complexity index is 445. The average molecular weight is 272 g/mol. The highest BCUT2D eigenvalue weighted by atomic mass is 14.4. The Morgan fingerprint density at radius 2 is 1.65 bits per heavy atom. The molecule has 0 heteroatoms. The van der Waals surface area contributed by atoms with Crippen molar-refractivity contribution in [3.8, 4) is 0 Å². The molecular formula is C20H32. The summed E-state index contributed by atoms with van der Waals surface area (Å²) in [6.45, 7) is 11.9. The fraction of sp³-hybridized carbons (Fsp3) is 0.700. The van der Waals surface area contributed by atoms with E-state index >= 15 is 0 Å². The van der Waals surface area contributed by atoms with Gasteiger partial charge in [0.1, 0.15) is 0 Å². The van der Waals surface area contributed by atoms with Crippen molar-refractivity contribution in [1.29, 1.82) is 0 Å². The van der Waals surface area contributed by atoms with E-state index in [0.717, 1.165) is 5.92 Å². The predicted molar refractivity (Wildman–Crippen MR) is 89.8 cm³/mol. The highest BCUT2D eigenvalue weighted by Gasteiger charge is 2.35. The van der Waals surface area contributed by atoms with Crippen LogP contribution in [0, 0.1) is 11.3 Å². The van der Waals surface area contributed by atoms with Crippen LogP contribution in [0.3, 0.4) is 0 Å². The third kappa shape index (κ3) is 3.45. The van der Waals surface area contributed by atoms with Crippen molar-refractivity contribution in [3.63, 3.8) is 0 Å². The number of fused-ring (bicyclic) bond motifs is 1. The fourth-order valence-electron chi connectivity index (χ4n) is 3.90. The van der Waals surface area contributed by atoms with Gasteiger partial charge in [0.25, 0.3) is 0 Å². The van der Waals surface area contributed by atoms with Gasteiger partial charge in [-0.05, 0) is 70.1 Å². The van der Waals surface area contributed by atoms with Gasteiger partial charge in [0.05, 0.1) is 0 Å². The van der Waals surface area contributed by atoms with Gasteiger partial charge in [0.15, 0.2) is 0 Å². The molecule has 0 bridgehead atoms. The first kappa shape index (κ1) is 15.6. The van der Waals surface area contributed by atoms with Crippen LogP contribution in [0.4, 0.5) is 0 Å². The Hall–Kier alpha value is -0.780. The van der Waals surface area contributed by atoms with Crippen LogP contribution in [0.5, 0.6) is 0 Å². The minimum Gasteiger partial charge on any atom is -0.0853 e. The molecule has 2 rings (SSSR count). The second kappa shape index (κ2) is 6.33. The summed E-state index contributed by atoms with van der Waals surface area (Å²) >= 11 is 0. The lowest BCUT2D eigenvalue weighted by Crippen LogP contribution is -2.15. The monoisotopic (exact) mass is 272 g/mol. The van der Waals surface area contributed by atoms with E-state index in [9.17, 15) is 0 Å². The molecule has 0 aliphatic heterocycles. The van der Waals surface area contributed by atoms with Crippen molar-refractivity contribution in [1.82, 2.24) is 0 Å². The molecule has 0 nitrogen and oxygen atoms in total. The van der Waals surface area contributed by atoms with Crippen LogP contribution in [0.1, 0.15) is 79.6 Å². The minimum absolute atomic E-state index is 0.436. The van der Waals surface area contributed by atoms with E-state index in [4.69, 9.17) is 0 Å². The van der Waals surface area contributed by atoms with Crippen LogP contribution in [0.2, 0.25) is 0 Å². The van der Waals surface area contributed by atoms with Crippen LogP contribution in [-0.4, -0.2) is 0 Å². The summed E-state index contributed by atoms with van der Waals surface area (Å²) < 4.78 is 0. The molecule has 0 fully saturated rings. The van der Waals surface area contributed by atoms with Gasteiger partial charge < -0.3 is 0 Å². The van der Waals surface area contributed by atoms with Crippen molar-refractivity contribution in [2.75, 3.05) is 0 Å². The van der Waals surface area contributed by atoms with E-state index in [0.29, 0.717) is 5.41 Å². The van der Waals surface area contributed by atoms with Crippen LogP contribution in [0.25, 0.3) is 0 Å². The second-order valence-electron chi connectivity index (χ2n) is 7.56. The van der Waals surface area contributed by atoms with Crippen molar-refractivity contribution in [3.05, 3.63) is 34.4 Å². The Labute approximate surface area is 126 Å². The van der Waals surface area contributed by atoms with E-state index in [2.05, 4.69) is 46.8 Å². The van der Waals surface area contributed by atoms with Gasteiger partial charge >= 0.3 is 0 Å². The Morgan fingerprint density at radius 1 is 0.950 bits per heavy atom. The Kier molecular flexibility index (Phi) is 4.94. The van der Waals surface area contributed by atoms with Gasteiger partial charge in [-0.2, -0.15) is 0 Å². The molecule has 1 unspecified atom stereocenters. The van der Waals surface area contributed by atoms with Crippen LogP contribution in [0.15, 0.2) is 34.4 Å². The normalized spacial score (nSPS) is 34.1. The molecule has 0 heterocycles. The second-order valence-corrected chi connectivity index (χ2v) is 7.56. The predicted octanol–water partition coefficient (Wildman–Crippen LogP) is 6.60. The van der Waals surface area contributed by atoms with Gasteiger partial charge in [0, 0.05) is 0 Å². The summed E-state index contributed by atoms with van der Waals surface area (Å²) in [5.41, 5.74) is 7.17. The van der Waals surface area contributed by atoms with Gasteiger partial charge in [-0.15, -0.1) is 0 Å². The lowest BCUT2D eigenvalue weighted by Gasteiger charge is -2.28. The Balaban J connectivity index is 2.35. The zero-order valence-corrected chi connectivity index (χ0v) is 14.2. The molecule has 0 N–H and O–H groups in total. The molecule has 2 aliphatic rings. The highest BCUT2D eigenvalue weighted by Crippen LogP contribution is 2.50. The van der Waals surface area contributed by atoms with Gasteiger partial charge in [-0.3, -0.25) is 0 Å². The molecule has 0 radical (unpaired) electrons. The Morgan fingerprint density at radius 3 is 2.35 bits per heavy atom. The third-order valence-electron chi connectivity index (χ3n) is 5.46. The van der Waals surface area contributed by atoms with Crippen molar-refractivity contribution in [2.45, 2.75) is 79.6 Å². The SMILES string of the molecule is C/C1=C\CC2(C)CCC(C(C)C)=C2CC/C(C)=C/CC1. The van der Waals surface area contributed by atoms with Crippen LogP contribution >= 0.6 is 0 Å². The fourth-order valence-corrected chi connectivity index (χ4v) is 3.90. The lowest BCUT2D eigenvalue weighted by molar-refractivity contribution is 0.386. The summed E-state index contributed by atoms with van der Waals surface area (Å²) in [7, 11) is 0. The summed E-state index contributed by atoms with van der Waals surface area (Å²) in [6.07, 6.45) is 14.0. The zero-order chi connectivity index (χ0) is 14.8. The van der Waals surface area contributed by atoms with Gasteiger partial charge in [0.2, 0.25) is 0 Å². The molecule has 0 aromatic carbocycles. The molecule has 0 saturated carbocycles. The van der Waals surface area contributed by atoms with E-state index in [-0.39, 0.29) is 0 Å². The van der Waals surface area contributed by atoms with Crippen LogP contribution in [-0.2, 0) is 0 Å². The maximum atomic E-state index is 2.53. The minimum atomic E-state index is 0.436. The van der Waals surface area contributed by atoms with Gasteiger partial charge in [-0.1, -0.05) is 55.2 Å². The molecule has 1 atom stereocenters. The number of allylic oxidation sites excluding steroid dienone is 6. The van der Waals surface area contributed by atoms with Crippen molar-refractivity contribution < 1.29 is 0 Å². The molecule has 0 aromatic heterocycles.